The normalized spacial score (nSPS) is 10.2. The van der Waals surface area contributed by atoms with E-state index in [0.29, 0.717) is 19.8 Å². The van der Waals surface area contributed by atoms with Crippen molar-refractivity contribution < 1.29 is 9.47 Å². The van der Waals surface area contributed by atoms with Gasteiger partial charge in [0.2, 0.25) is 0 Å². The third-order valence-electron chi connectivity index (χ3n) is 1.55. The summed E-state index contributed by atoms with van der Waals surface area (Å²) < 4.78 is 10.5. The van der Waals surface area contributed by atoms with Crippen LogP contribution >= 0.6 is 0 Å². The van der Waals surface area contributed by atoms with E-state index in [-0.39, 0.29) is 0 Å². The zero-order valence-electron chi connectivity index (χ0n) is 7.90. The molecule has 0 aromatic carbocycles. The van der Waals surface area contributed by atoms with Gasteiger partial charge in [0.15, 0.2) is 0 Å². The fourth-order valence-corrected chi connectivity index (χ4v) is 0.922. The van der Waals surface area contributed by atoms with E-state index in [1.54, 1.807) is 6.20 Å². The summed E-state index contributed by atoms with van der Waals surface area (Å²) in [5.74, 6) is 0. The molecule has 0 aliphatic carbocycles. The minimum absolute atomic E-state index is 0.563. The number of aromatic nitrogens is 1. The van der Waals surface area contributed by atoms with Crippen LogP contribution in [0.3, 0.4) is 0 Å². The molecule has 0 aliphatic heterocycles. The van der Waals surface area contributed by atoms with E-state index in [9.17, 15) is 0 Å². The van der Waals surface area contributed by atoms with Gasteiger partial charge in [0.1, 0.15) is 0 Å². The Balaban J connectivity index is 2.07. The second-order valence-corrected chi connectivity index (χ2v) is 2.57. The molecule has 0 unspecified atom stereocenters. The van der Waals surface area contributed by atoms with Gasteiger partial charge in [0.25, 0.3) is 0 Å². The van der Waals surface area contributed by atoms with Crippen LogP contribution in [0.5, 0.6) is 0 Å². The summed E-state index contributed by atoms with van der Waals surface area (Å²) in [5, 5.41) is 0. The van der Waals surface area contributed by atoms with Crippen molar-refractivity contribution >= 4 is 0 Å². The number of nitrogens with zero attached hydrogens (tertiary/aromatic N) is 1. The summed E-state index contributed by atoms with van der Waals surface area (Å²) in [6.45, 7) is 4.56. The van der Waals surface area contributed by atoms with Gasteiger partial charge >= 0.3 is 0 Å². The Hall–Kier alpha value is -0.930. The average Bonchev–Trinajstić information content (AvgIpc) is 2.19. The van der Waals surface area contributed by atoms with E-state index in [4.69, 9.17) is 9.47 Å². The van der Waals surface area contributed by atoms with E-state index in [0.717, 1.165) is 12.3 Å². The summed E-state index contributed by atoms with van der Waals surface area (Å²) in [5.41, 5.74) is 0.957. The first-order valence-electron chi connectivity index (χ1n) is 4.49. The molecule has 3 nitrogen and oxygen atoms in total. The van der Waals surface area contributed by atoms with Crippen LogP contribution in [-0.2, 0) is 16.1 Å². The van der Waals surface area contributed by atoms with Gasteiger partial charge in [-0.25, -0.2) is 0 Å². The van der Waals surface area contributed by atoms with Gasteiger partial charge in [0, 0.05) is 12.8 Å². The summed E-state index contributed by atoms with van der Waals surface area (Å²) in [4.78, 5) is 4.13. The Kier molecular flexibility index (Phi) is 5.13. The van der Waals surface area contributed by atoms with Gasteiger partial charge in [-0.1, -0.05) is 6.07 Å². The fourth-order valence-electron chi connectivity index (χ4n) is 0.922. The first-order valence-corrected chi connectivity index (χ1v) is 4.49. The maximum absolute atomic E-state index is 5.33. The molecule has 0 spiro atoms. The van der Waals surface area contributed by atoms with Crippen molar-refractivity contribution in [2.24, 2.45) is 0 Å². The highest BCUT2D eigenvalue weighted by molar-refractivity contribution is 5.01. The molecule has 0 fully saturated rings. The zero-order valence-corrected chi connectivity index (χ0v) is 7.90. The van der Waals surface area contributed by atoms with Crippen LogP contribution in [0.2, 0.25) is 0 Å². The predicted octanol–water partition coefficient (Wildman–Crippen LogP) is 1.63. The van der Waals surface area contributed by atoms with Gasteiger partial charge < -0.3 is 9.47 Å². The number of hydrogen-bond acceptors (Lipinski definition) is 3. The molecule has 0 amide bonds. The van der Waals surface area contributed by atoms with Crippen LogP contribution in [0.1, 0.15) is 12.6 Å². The second kappa shape index (κ2) is 6.57. The third kappa shape index (κ3) is 4.60. The van der Waals surface area contributed by atoms with Gasteiger partial charge in [-0.2, -0.15) is 0 Å². The molecule has 1 rings (SSSR count). The number of hydrogen-bond donors (Lipinski definition) is 0. The molecule has 0 saturated heterocycles. The third-order valence-corrected chi connectivity index (χ3v) is 1.55. The second-order valence-electron chi connectivity index (χ2n) is 2.57. The summed E-state index contributed by atoms with van der Waals surface area (Å²) in [7, 11) is 0. The highest BCUT2D eigenvalue weighted by Gasteiger charge is 1.92. The summed E-state index contributed by atoms with van der Waals surface area (Å²) in [6, 6.07) is 5.79. The van der Waals surface area contributed by atoms with Crippen molar-refractivity contribution in [3.05, 3.63) is 30.1 Å². The standard InChI is InChI=1S/C10H15NO2/c1-2-12-7-8-13-9-10-5-3-4-6-11-10/h3-6H,2,7-9H2,1H3. The molecule has 1 heterocycles. The molecule has 1 aromatic rings. The maximum Gasteiger partial charge on any atom is 0.0889 e. The van der Waals surface area contributed by atoms with Crippen LogP contribution in [-0.4, -0.2) is 24.8 Å². The van der Waals surface area contributed by atoms with Crippen molar-refractivity contribution in [3.63, 3.8) is 0 Å². The quantitative estimate of drug-likeness (QED) is 0.625. The molecule has 0 saturated carbocycles. The first kappa shape index (κ1) is 10.2. The summed E-state index contributed by atoms with van der Waals surface area (Å²) >= 11 is 0. The Labute approximate surface area is 78.7 Å². The molecule has 0 atom stereocenters. The zero-order chi connectivity index (χ0) is 9.36. The molecule has 13 heavy (non-hydrogen) atoms. The molecule has 0 bridgehead atoms. The van der Waals surface area contributed by atoms with Crippen molar-refractivity contribution in [1.29, 1.82) is 0 Å². The molecule has 3 heteroatoms. The minimum Gasteiger partial charge on any atom is -0.379 e. The lowest BCUT2D eigenvalue weighted by atomic mass is 10.4. The smallest absolute Gasteiger partial charge is 0.0889 e. The molecule has 0 radical (unpaired) electrons. The molecular formula is C10H15NO2. The maximum atomic E-state index is 5.33. The average molecular weight is 181 g/mol. The first-order chi connectivity index (χ1) is 6.43. The van der Waals surface area contributed by atoms with Crippen LogP contribution in [0.15, 0.2) is 24.4 Å². The highest BCUT2D eigenvalue weighted by Crippen LogP contribution is 1.95. The van der Waals surface area contributed by atoms with Gasteiger partial charge in [0.05, 0.1) is 25.5 Å². The number of rotatable bonds is 6. The minimum atomic E-state index is 0.563. The SMILES string of the molecule is CCOCCOCc1ccccn1. The fraction of sp³-hybridized carbons (Fsp3) is 0.500. The van der Waals surface area contributed by atoms with Crippen molar-refractivity contribution in [3.8, 4) is 0 Å². The molecular weight excluding hydrogens is 166 g/mol. The number of pyridine rings is 1. The van der Waals surface area contributed by atoms with Crippen LogP contribution < -0.4 is 0 Å². The van der Waals surface area contributed by atoms with Gasteiger partial charge in [-0.15, -0.1) is 0 Å². The predicted molar refractivity (Wildman–Crippen MR) is 50.4 cm³/mol. The molecule has 0 N–H and O–H groups in total. The van der Waals surface area contributed by atoms with E-state index in [1.165, 1.54) is 0 Å². The Morgan fingerprint density at radius 1 is 1.23 bits per heavy atom. The van der Waals surface area contributed by atoms with Crippen LogP contribution in [0, 0.1) is 0 Å². The van der Waals surface area contributed by atoms with Crippen molar-refractivity contribution in [2.75, 3.05) is 19.8 Å². The van der Waals surface area contributed by atoms with E-state index in [1.807, 2.05) is 25.1 Å². The van der Waals surface area contributed by atoms with Gasteiger partial charge in [-0.3, -0.25) is 4.98 Å². The number of ether oxygens (including phenoxy) is 2. The Bertz CT molecular complexity index is 213. The van der Waals surface area contributed by atoms with Crippen LogP contribution in [0.25, 0.3) is 0 Å². The van der Waals surface area contributed by atoms with E-state index >= 15 is 0 Å². The Morgan fingerprint density at radius 3 is 2.77 bits per heavy atom. The molecule has 0 aliphatic rings. The lowest BCUT2D eigenvalue weighted by molar-refractivity contribution is 0.0441. The monoisotopic (exact) mass is 181 g/mol. The topological polar surface area (TPSA) is 31.4 Å². The lowest BCUT2D eigenvalue weighted by Crippen LogP contribution is -2.04. The molecule has 1 aromatic heterocycles. The lowest BCUT2D eigenvalue weighted by Gasteiger charge is -2.03. The van der Waals surface area contributed by atoms with Crippen LogP contribution in [0.4, 0.5) is 0 Å². The van der Waals surface area contributed by atoms with Crippen molar-refractivity contribution in [1.82, 2.24) is 4.98 Å². The largest absolute Gasteiger partial charge is 0.379 e. The highest BCUT2D eigenvalue weighted by atomic mass is 16.5. The Morgan fingerprint density at radius 2 is 2.08 bits per heavy atom. The van der Waals surface area contributed by atoms with E-state index in [2.05, 4.69) is 4.98 Å². The van der Waals surface area contributed by atoms with Crippen molar-refractivity contribution in [2.45, 2.75) is 13.5 Å². The van der Waals surface area contributed by atoms with Gasteiger partial charge in [-0.05, 0) is 19.1 Å². The van der Waals surface area contributed by atoms with E-state index < -0.39 is 0 Å². The summed E-state index contributed by atoms with van der Waals surface area (Å²) in [6.07, 6.45) is 1.77. The molecule has 72 valence electrons.